The molecule has 0 spiro atoms. The Hall–Kier alpha value is 0.700. The van der Waals surface area contributed by atoms with E-state index < -0.39 is 0 Å². The van der Waals surface area contributed by atoms with E-state index in [4.69, 9.17) is 0 Å². The van der Waals surface area contributed by atoms with Crippen molar-refractivity contribution in [1.82, 2.24) is 0 Å². The smallest absolute Gasteiger partial charge is 0.00979 e. The van der Waals surface area contributed by atoms with Crippen LogP contribution in [-0.2, 0) is 0 Å². The van der Waals surface area contributed by atoms with Crippen molar-refractivity contribution in [1.29, 1.82) is 0 Å². The molecule has 0 nitrogen and oxygen atoms in total. The van der Waals surface area contributed by atoms with Gasteiger partial charge in [-0.05, 0) is 24.3 Å². The lowest BCUT2D eigenvalue weighted by Crippen LogP contribution is -1.74. The summed E-state index contributed by atoms with van der Waals surface area (Å²) in [6.45, 7) is 4.38. The van der Waals surface area contributed by atoms with E-state index in [-0.39, 0.29) is 0 Å². The van der Waals surface area contributed by atoms with Crippen LogP contribution < -0.4 is 0 Å². The van der Waals surface area contributed by atoms with Crippen LogP contribution in [0.2, 0.25) is 0 Å². The number of unbranched alkanes of at least 4 members (excludes halogenated alkanes) is 4. The Bertz CT molecular complexity index is 49.8. The van der Waals surface area contributed by atoms with Gasteiger partial charge in [-0.3, -0.25) is 0 Å². The van der Waals surface area contributed by atoms with Crippen molar-refractivity contribution in [3.05, 3.63) is 0 Å². The normalized spacial score (nSPS) is 9.00. The Labute approximate surface area is 89.3 Å². The van der Waals surface area contributed by atoms with Gasteiger partial charge < -0.3 is 0 Å². The molecule has 0 aliphatic carbocycles. The summed E-state index contributed by atoms with van der Waals surface area (Å²) in [6, 6.07) is 0. The lowest BCUT2D eigenvalue weighted by Gasteiger charge is -1.90. The predicted octanol–water partition coefficient (Wildman–Crippen LogP) is 4.21. The molecule has 0 aliphatic rings. The van der Waals surface area contributed by atoms with E-state index in [1.54, 1.807) is 0 Å². The van der Waals surface area contributed by atoms with Gasteiger partial charge in [-0.15, -0.1) is 0 Å². The van der Waals surface area contributed by atoms with Crippen LogP contribution in [0.4, 0.5) is 0 Å². The minimum atomic E-state index is 1.04. The summed E-state index contributed by atoms with van der Waals surface area (Å²) in [4.78, 5) is 0. The quantitative estimate of drug-likeness (QED) is 0.474. The fourth-order valence-electron chi connectivity index (χ4n) is 0.697. The van der Waals surface area contributed by atoms with Crippen LogP contribution in [0, 0.1) is 0 Å². The Kier molecular flexibility index (Phi) is 22.4. The zero-order valence-electron chi connectivity index (χ0n) is 8.55. The van der Waals surface area contributed by atoms with E-state index in [0.717, 1.165) is 11.5 Å². The molecule has 0 fully saturated rings. The van der Waals surface area contributed by atoms with Gasteiger partial charge in [0, 0.05) is 0 Å². The molecule has 0 N–H and O–H groups in total. The molecule has 2 heteroatoms. The molecule has 0 bridgehead atoms. The molecule has 0 rings (SSSR count). The number of thiol groups is 2. The average molecular weight is 208 g/mol. The van der Waals surface area contributed by atoms with E-state index >= 15 is 0 Å². The van der Waals surface area contributed by atoms with Crippen molar-refractivity contribution >= 4 is 25.3 Å². The van der Waals surface area contributed by atoms with Crippen LogP contribution in [0.5, 0.6) is 0 Å². The van der Waals surface area contributed by atoms with Crippen molar-refractivity contribution in [2.45, 2.75) is 52.4 Å². The number of rotatable bonds is 6. The van der Waals surface area contributed by atoms with E-state index in [1.165, 1.54) is 38.5 Å². The molecule has 0 aliphatic heterocycles. The maximum absolute atomic E-state index is 4.09. The van der Waals surface area contributed by atoms with Crippen LogP contribution in [0.25, 0.3) is 0 Å². The molecule has 0 saturated carbocycles. The molecule has 0 aromatic carbocycles. The zero-order valence-corrected chi connectivity index (χ0v) is 10.3. The summed E-state index contributed by atoms with van der Waals surface area (Å²) in [6.07, 6.45) is 7.87. The second-order valence-electron chi connectivity index (χ2n) is 2.86. The molecule has 0 atom stereocenters. The van der Waals surface area contributed by atoms with E-state index in [0.29, 0.717) is 0 Å². The molecular weight excluding hydrogens is 184 g/mol. The van der Waals surface area contributed by atoms with Crippen LogP contribution in [0.1, 0.15) is 52.4 Å². The van der Waals surface area contributed by atoms with E-state index in [1.807, 2.05) is 0 Å². The average Bonchev–Trinajstić information content (AvgIpc) is 2.08. The first-order valence-electron chi connectivity index (χ1n) is 5.05. The highest BCUT2D eigenvalue weighted by molar-refractivity contribution is 7.80. The summed E-state index contributed by atoms with van der Waals surface area (Å²) in [5, 5.41) is 0. The molecule has 0 heterocycles. The molecule has 12 heavy (non-hydrogen) atoms. The molecule has 0 amide bonds. The largest absolute Gasteiger partial charge is 0.179 e. The van der Waals surface area contributed by atoms with Crippen LogP contribution >= 0.6 is 25.3 Å². The molecule has 0 aromatic rings. The summed E-state index contributed by atoms with van der Waals surface area (Å²) < 4.78 is 0. The van der Waals surface area contributed by atoms with Gasteiger partial charge >= 0.3 is 0 Å². The fraction of sp³-hybridized carbons (Fsp3) is 1.00. The highest BCUT2D eigenvalue weighted by Gasteiger charge is 1.80. The maximum Gasteiger partial charge on any atom is -0.00979 e. The number of hydrogen-bond acceptors (Lipinski definition) is 2. The molecule has 76 valence electrons. The molecule has 0 unspecified atom stereocenters. The van der Waals surface area contributed by atoms with Crippen LogP contribution in [0.15, 0.2) is 0 Å². The van der Waals surface area contributed by atoms with Gasteiger partial charge in [-0.1, -0.05) is 39.5 Å². The van der Waals surface area contributed by atoms with Gasteiger partial charge in [0.05, 0.1) is 0 Å². The Morgan fingerprint density at radius 2 is 1.17 bits per heavy atom. The van der Waals surface area contributed by atoms with Gasteiger partial charge in [0.25, 0.3) is 0 Å². The van der Waals surface area contributed by atoms with E-state index in [2.05, 4.69) is 39.1 Å². The SMILES string of the molecule is CCCCCCS.CCCCS. The van der Waals surface area contributed by atoms with Gasteiger partial charge in [0.2, 0.25) is 0 Å². The molecule has 0 radical (unpaired) electrons. The van der Waals surface area contributed by atoms with Crippen molar-refractivity contribution in [3.63, 3.8) is 0 Å². The second-order valence-corrected chi connectivity index (χ2v) is 3.76. The van der Waals surface area contributed by atoms with Crippen molar-refractivity contribution < 1.29 is 0 Å². The van der Waals surface area contributed by atoms with Crippen LogP contribution in [-0.4, -0.2) is 11.5 Å². The fourth-order valence-corrected chi connectivity index (χ4v) is 1.24. The van der Waals surface area contributed by atoms with Gasteiger partial charge in [-0.2, -0.15) is 25.3 Å². The van der Waals surface area contributed by atoms with E-state index in [9.17, 15) is 0 Å². The summed E-state index contributed by atoms with van der Waals surface area (Å²) in [5.74, 6) is 2.09. The number of hydrogen-bond donors (Lipinski definition) is 2. The highest BCUT2D eigenvalue weighted by Crippen LogP contribution is 1.98. The third kappa shape index (κ3) is 22.4. The lowest BCUT2D eigenvalue weighted by atomic mass is 10.2. The molecular formula is C10H24S2. The molecule has 0 saturated heterocycles. The minimum absolute atomic E-state index is 1.04. The highest BCUT2D eigenvalue weighted by atomic mass is 32.1. The van der Waals surface area contributed by atoms with Crippen molar-refractivity contribution in [3.8, 4) is 0 Å². The first-order chi connectivity index (χ1) is 5.83. The van der Waals surface area contributed by atoms with Gasteiger partial charge in [-0.25, -0.2) is 0 Å². The van der Waals surface area contributed by atoms with Gasteiger partial charge in [0.1, 0.15) is 0 Å². The Morgan fingerprint density at radius 1 is 0.667 bits per heavy atom. The van der Waals surface area contributed by atoms with Crippen molar-refractivity contribution in [2.75, 3.05) is 11.5 Å². The monoisotopic (exact) mass is 208 g/mol. The lowest BCUT2D eigenvalue weighted by molar-refractivity contribution is 0.707. The standard InChI is InChI=1S/C6H14S.C4H10S/c1-2-3-4-5-6-7;1-2-3-4-5/h7H,2-6H2,1H3;5H,2-4H2,1H3. The summed E-state index contributed by atoms with van der Waals surface area (Å²) >= 11 is 8.09. The first kappa shape index (κ1) is 15.2. The first-order valence-corrected chi connectivity index (χ1v) is 6.31. The third-order valence-electron chi connectivity index (χ3n) is 1.52. The Balaban J connectivity index is 0. The maximum atomic E-state index is 4.09. The summed E-state index contributed by atoms with van der Waals surface area (Å²) in [5.41, 5.74) is 0. The third-order valence-corrected chi connectivity index (χ3v) is 2.16. The Morgan fingerprint density at radius 3 is 1.42 bits per heavy atom. The summed E-state index contributed by atoms with van der Waals surface area (Å²) in [7, 11) is 0. The minimum Gasteiger partial charge on any atom is -0.179 e. The van der Waals surface area contributed by atoms with Crippen LogP contribution in [0.3, 0.4) is 0 Å². The van der Waals surface area contributed by atoms with Gasteiger partial charge in [0.15, 0.2) is 0 Å². The topological polar surface area (TPSA) is 0 Å². The molecule has 0 aromatic heterocycles. The predicted molar refractivity (Wildman–Crippen MR) is 66.8 cm³/mol. The van der Waals surface area contributed by atoms with Crippen molar-refractivity contribution in [2.24, 2.45) is 0 Å². The second kappa shape index (κ2) is 17.7. The zero-order chi connectivity index (χ0) is 9.66.